The molecule has 1 amide bonds. The summed E-state index contributed by atoms with van der Waals surface area (Å²) in [5.74, 6) is 0.138. The Balaban J connectivity index is 2.05. The normalized spacial score (nSPS) is 18.7. The first-order valence-corrected chi connectivity index (χ1v) is 7.41. The summed E-state index contributed by atoms with van der Waals surface area (Å²) in [6.45, 7) is 5.55. The highest BCUT2D eigenvalue weighted by molar-refractivity contribution is 7.80. The van der Waals surface area contributed by atoms with E-state index in [9.17, 15) is 4.79 Å². The Labute approximate surface area is 117 Å². The highest BCUT2D eigenvalue weighted by Crippen LogP contribution is 2.32. The smallest absolute Gasteiger partial charge is 0.254 e. The number of carbonyl (C=O) groups is 1. The molecule has 1 aliphatic heterocycles. The summed E-state index contributed by atoms with van der Waals surface area (Å²) < 4.78 is 0. The number of hydrogen-bond donors (Lipinski definition) is 1. The predicted octanol–water partition coefficient (Wildman–Crippen LogP) is 2.58. The first kappa shape index (κ1) is 13.5. The van der Waals surface area contributed by atoms with Crippen LogP contribution in [0.25, 0.3) is 0 Å². The van der Waals surface area contributed by atoms with Crippen LogP contribution in [0.1, 0.15) is 35.7 Å². The molecule has 1 aliphatic rings. The lowest BCUT2D eigenvalue weighted by atomic mass is 9.80. The van der Waals surface area contributed by atoms with Crippen LogP contribution in [-0.4, -0.2) is 28.9 Å². The van der Waals surface area contributed by atoms with Crippen LogP contribution in [0.15, 0.2) is 10.8 Å². The van der Waals surface area contributed by atoms with E-state index in [0.29, 0.717) is 4.99 Å². The SMILES string of the molecule is Cc1cscc1C(=O)N1CCC(C)(C(N)=S)CC1. The van der Waals surface area contributed by atoms with Crippen molar-refractivity contribution in [1.29, 1.82) is 0 Å². The molecule has 2 heterocycles. The Bertz CT molecular complexity index is 473. The summed E-state index contributed by atoms with van der Waals surface area (Å²) in [7, 11) is 0. The van der Waals surface area contributed by atoms with Crippen LogP contribution >= 0.6 is 23.6 Å². The number of thiophene rings is 1. The van der Waals surface area contributed by atoms with Gasteiger partial charge < -0.3 is 10.6 Å². The lowest BCUT2D eigenvalue weighted by molar-refractivity contribution is 0.0670. The van der Waals surface area contributed by atoms with Crippen LogP contribution in [-0.2, 0) is 0 Å². The molecule has 2 rings (SSSR count). The fourth-order valence-electron chi connectivity index (χ4n) is 2.20. The van der Waals surface area contributed by atoms with Gasteiger partial charge >= 0.3 is 0 Å². The second-order valence-electron chi connectivity index (χ2n) is 5.19. The number of likely N-dealkylation sites (tertiary alicyclic amines) is 1. The summed E-state index contributed by atoms with van der Waals surface area (Å²) in [6.07, 6.45) is 1.72. The van der Waals surface area contributed by atoms with E-state index in [1.165, 1.54) is 0 Å². The summed E-state index contributed by atoms with van der Waals surface area (Å²) in [5, 5.41) is 3.94. The second kappa shape index (κ2) is 4.97. The van der Waals surface area contributed by atoms with E-state index in [4.69, 9.17) is 18.0 Å². The molecule has 0 saturated carbocycles. The number of nitrogens with zero attached hydrogens (tertiary/aromatic N) is 1. The van der Waals surface area contributed by atoms with Crippen molar-refractivity contribution < 1.29 is 4.79 Å². The van der Waals surface area contributed by atoms with E-state index in [-0.39, 0.29) is 11.3 Å². The number of amides is 1. The van der Waals surface area contributed by atoms with E-state index in [1.807, 2.05) is 22.6 Å². The first-order valence-electron chi connectivity index (χ1n) is 6.06. The standard InChI is InChI=1S/C13H18N2OS2/c1-9-7-18-8-10(9)11(16)15-5-3-13(2,4-6-15)12(14)17/h7-8H,3-6H2,1-2H3,(H2,14,17). The highest BCUT2D eigenvalue weighted by atomic mass is 32.1. The maximum Gasteiger partial charge on any atom is 0.254 e. The van der Waals surface area contributed by atoms with E-state index in [2.05, 4.69) is 6.92 Å². The van der Waals surface area contributed by atoms with Crippen LogP contribution < -0.4 is 5.73 Å². The Morgan fingerprint density at radius 1 is 1.44 bits per heavy atom. The molecule has 0 radical (unpaired) electrons. The van der Waals surface area contributed by atoms with Crippen molar-refractivity contribution in [2.75, 3.05) is 13.1 Å². The number of hydrogen-bond acceptors (Lipinski definition) is 3. The van der Waals surface area contributed by atoms with Gasteiger partial charge in [0.05, 0.1) is 10.6 Å². The van der Waals surface area contributed by atoms with Crippen molar-refractivity contribution in [2.45, 2.75) is 26.7 Å². The molecule has 18 heavy (non-hydrogen) atoms. The third kappa shape index (κ3) is 2.42. The number of piperidine rings is 1. The minimum atomic E-state index is -0.0875. The zero-order valence-corrected chi connectivity index (χ0v) is 12.4. The Morgan fingerprint density at radius 3 is 2.50 bits per heavy atom. The quantitative estimate of drug-likeness (QED) is 0.848. The molecule has 1 fully saturated rings. The van der Waals surface area contributed by atoms with E-state index in [1.54, 1.807) is 11.3 Å². The van der Waals surface area contributed by atoms with E-state index in [0.717, 1.165) is 37.1 Å². The van der Waals surface area contributed by atoms with Crippen LogP contribution in [0.5, 0.6) is 0 Å². The fraction of sp³-hybridized carbons (Fsp3) is 0.538. The second-order valence-corrected chi connectivity index (χ2v) is 6.37. The molecule has 1 aromatic heterocycles. The predicted molar refractivity (Wildman–Crippen MR) is 79.1 cm³/mol. The Kier molecular flexibility index (Phi) is 3.73. The van der Waals surface area contributed by atoms with Gasteiger partial charge in [-0.2, -0.15) is 11.3 Å². The van der Waals surface area contributed by atoms with Gasteiger partial charge in [0.1, 0.15) is 0 Å². The van der Waals surface area contributed by atoms with Crippen molar-refractivity contribution in [3.05, 3.63) is 21.9 Å². The lowest BCUT2D eigenvalue weighted by Gasteiger charge is -2.38. The molecule has 5 heteroatoms. The van der Waals surface area contributed by atoms with Crippen molar-refractivity contribution in [1.82, 2.24) is 4.90 Å². The summed E-state index contributed by atoms with van der Waals surface area (Å²) in [6, 6.07) is 0. The van der Waals surface area contributed by atoms with Gasteiger partial charge in [0.25, 0.3) is 5.91 Å². The van der Waals surface area contributed by atoms with Crippen molar-refractivity contribution >= 4 is 34.5 Å². The number of carbonyl (C=O) groups excluding carboxylic acids is 1. The molecular weight excluding hydrogens is 264 g/mol. The van der Waals surface area contributed by atoms with Gasteiger partial charge in [-0.3, -0.25) is 4.79 Å². The number of thiocarbonyl (C=S) groups is 1. The molecule has 0 unspecified atom stereocenters. The number of aryl methyl sites for hydroxylation is 1. The maximum atomic E-state index is 12.3. The van der Waals surface area contributed by atoms with Crippen molar-refractivity contribution in [2.24, 2.45) is 11.1 Å². The average molecular weight is 282 g/mol. The zero-order valence-electron chi connectivity index (χ0n) is 10.7. The third-order valence-electron chi connectivity index (χ3n) is 3.84. The van der Waals surface area contributed by atoms with Crippen LogP contribution in [0.3, 0.4) is 0 Å². The van der Waals surface area contributed by atoms with Crippen molar-refractivity contribution in [3.8, 4) is 0 Å². The van der Waals surface area contributed by atoms with E-state index < -0.39 is 0 Å². The molecule has 3 nitrogen and oxygen atoms in total. The van der Waals surface area contributed by atoms with Gasteiger partial charge in [-0.1, -0.05) is 19.1 Å². The average Bonchev–Trinajstić information content (AvgIpc) is 2.75. The molecule has 0 bridgehead atoms. The van der Waals surface area contributed by atoms with Gasteiger partial charge in [-0.05, 0) is 30.7 Å². The lowest BCUT2D eigenvalue weighted by Crippen LogP contribution is -2.46. The summed E-state index contributed by atoms with van der Waals surface area (Å²) in [5.41, 5.74) is 7.58. The molecule has 1 saturated heterocycles. The van der Waals surface area contributed by atoms with Gasteiger partial charge in [-0.25, -0.2) is 0 Å². The monoisotopic (exact) mass is 282 g/mol. The molecule has 0 aromatic carbocycles. The van der Waals surface area contributed by atoms with Crippen LogP contribution in [0.4, 0.5) is 0 Å². The maximum absolute atomic E-state index is 12.3. The zero-order chi connectivity index (χ0) is 13.3. The molecule has 0 aliphatic carbocycles. The minimum absolute atomic E-state index is 0.0875. The number of nitrogens with two attached hydrogens (primary N) is 1. The number of rotatable bonds is 2. The van der Waals surface area contributed by atoms with Gasteiger partial charge in [0, 0.05) is 23.9 Å². The van der Waals surface area contributed by atoms with Crippen LogP contribution in [0.2, 0.25) is 0 Å². The largest absolute Gasteiger partial charge is 0.393 e. The Hall–Kier alpha value is -0.940. The molecular formula is C13H18N2OS2. The fourth-order valence-corrected chi connectivity index (χ4v) is 3.23. The summed E-state index contributed by atoms with van der Waals surface area (Å²) in [4.78, 5) is 14.8. The molecule has 0 spiro atoms. The molecule has 0 atom stereocenters. The van der Waals surface area contributed by atoms with Crippen LogP contribution in [0, 0.1) is 12.3 Å². The topological polar surface area (TPSA) is 46.3 Å². The minimum Gasteiger partial charge on any atom is -0.393 e. The molecule has 2 N–H and O–H groups in total. The van der Waals surface area contributed by atoms with Gasteiger partial charge in [0.15, 0.2) is 0 Å². The first-order chi connectivity index (χ1) is 8.44. The molecule has 1 aromatic rings. The highest BCUT2D eigenvalue weighted by Gasteiger charge is 2.34. The molecule has 98 valence electrons. The van der Waals surface area contributed by atoms with E-state index >= 15 is 0 Å². The van der Waals surface area contributed by atoms with Gasteiger partial charge in [-0.15, -0.1) is 0 Å². The third-order valence-corrected chi connectivity index (χ3v) is 5.19. The van der Waals surface area contributed by atoms with Crippen molar-refractivity contribution in [3.63, 3.8) is 0 Å². The Morgan fingerprint density at radius 2 is 2.06 bits per heavy atom. The summed E-state index contributed by atoms with van der Waals surface area (Å²) >= 11 is 6.68. The van der Waals surface area contributed by atoms with Gasteiger partial charge in [0.2, 0.25) is 0 Å².